The van der Waals surface area contributed by atoms with E-state index in [2.05, 4.69) is 35.0 Å². The number of ether oxygens (including phenoxy) is 2. The lowest BCUT2D eigenvalue weighted by Gasteiger charge is -2.24. The third kappa shape index (κ3) is 2.74. The fourth-order valence-corrected chi connectivity index (χ4v) is 4.03. The van der Waals surface area contributed by atoms with Crippen molar-refractivity contribution in [2.24, 2.45) is 11.7 Å². The summed E-state index contributed by atoms with van der Waals surface area (Å²) in [5.74, 6) is 1.53. The molecule has 2 aliphatic heterocycles. The average Bonchev–Trinajstić information content (AvgIpc) is 3.06. The van der Waals surface area contributed by atoms with Crippen LogP contribution in [0.3, 0.4) is 0 Å². The fourth-order valence-electron chi connectivity index (χ4n) is 3.48. The predicted octanol–water partition coefficient (Wildman–Crippen LogP) is 3.07. The van der Waals surface area contributed by atoms with Crippen molar-refractivity contribution >= 4 is 15.9 Å². The van der Waals surface area contributed by atoms with Crippen LogP contribution in [0.25, 0.3) is 0 Å². The highest BCUT2D eigenvalue weighted by atomic mass is 79.9. The van der Waals surface area contributed by atoms with Gasteiger partial charge in [-0.05, 0) is 42.5 Å². The predicted molar refractivity (Wildman–Crippen MR) is 83.2 cm³/mol. The van der Waals surface area contributed by atoms with Crippen molar-refractivity contribution in [3.05, 3.63) is 27.7 Å². The zero-order valence-corrected chi connectivity index (χ0v) is 13.5. The van der Waals surface area contributed by atoms with E-state index in [-0.39, 0.29) is 6.04 Å². The van der Waals surface area contributed by atoms with Gasteiger partial charge in [-0.15, -0.1) is 0 Å². The molecule has 1 aromatic carbocycles. The molecule has 2 heterocycles. The molecule has 3 atom stereocenters. The lowest BCUT2D eigenvalue weighted by molar-refractivity contribution is 0.0813. The molecule has 2 aliphatic rings. The van der Waals surface area contributed by atoms with Crippen LogP contribution in [0.15, 0.2) is 16.6 Å². The van der Waals surface area contributed by atoms with E-state index in [0.717, 1.165) is 49.1 Å². The summed E-state index contributed by atoms with van der Waals surface area (Å²) in [6, 6.07) is 4.45. The van der Waals surface area contributed by atoms with Gasteiger partial charge in [0.2, 0.25) is 0 Å². The quantitative estimate of drug-likeness (QED) is 0.916. The smallest absolute Gasteiger partial charge is 0.125 e. The molecule has 2 N–H and O–H groups in total. The number of benzene rings is 1. The van der Waals surface area contributed by atoms with Gasteiger partial charge in [-0.25, -0.2) is 0 Å². The highest BCUT2D eigenvalue weighted by molar-refractivity contribution is 9.10. The minimum Gasteiger partial charge on any atom is -0.493 e. The maximum atomic E-state index is 6.47. The zero-order valence-electron chi connectivity index (χ0n) is 11.9. The Bertz CT molecular complexity index is 492. The van der Waals surface area contributed by atoms with Gasteiger partial charge < -0.3 is 15.2 Å². The van der Waals surface area contributed by atoms with E-state index < -0.39 is 0 Å². The van der Waals surface area contributed by atoms with E-state index in [0.29, 0.717) is 12.0 Å². The Morgan fingerprint density at radius 2 is 2.25 bits per heavy atom. The van der Waals surface area contributed by atoms with E-state index in [1.165, 1.54) is 11.1 Å². The topological polar surface area (TPSA) is 44.5 Å². The van der Waals surface area contributed by atoms with Gasteiger partial charge in [-0.2, -0.15) is 0 Å². The first-order chi connectivity index (χ1) is 9.69. The molecule has 1 saturated heterocycles. The molecule has 1 aromatic rings. The van der Waals surface area contributed by atoms with Crippen LogP contribution in [-0.4, -0.2) is 25.4 Å². The van der Waals surface area contributed by atoms with E-state index in [1.807, 2.05) is 0 Å². The third-order valence-electron chi connectivity index (χ3n) is 4.49. The number of rotatable bonds is 4. The van der Waals surface area contributed by atoms with Crippen molar-refractivity contribution in [3.63, 3.8) is 0 Å². The molecule has 0 spiro atoms. The van der Waals surface area contributed by atoms with Gasteiger partial charge in [-0.3, -0.25) is 0 Å². The second kappa shape index (κ2) is 6.04. The molecule has 0 aliphatic carbocycles. The van der Waals surface area contributed by atoms with Crippen LogP contribution in [0.5, 0.6) is 5.75 Å². The largest absolute Gasteiger partial charge is 0.493 e. The van der Waals surface area contributed by atoms with E-state index in [4.69, 9.17) is 15.2 Å². The van der Waals surface area contributed by atoms with Crippen LogP contribution in [0, 0.1) is 5.92 Å². The summed E-state index contributed by atoms with van der Waals surface area (Å²) in [4.78, 5) is 0. The van der Waals surface area contributed by atoms with Gasteiger partial charge in [0.25, 0.3) is 0 Å². The Kier molecular flexibility index (Phi) is 4.34. The van der Waals surface area contributed by atoms with Gasteiger partial charge in [0, 0.05) is 29.5 Å². The van der Waals surface area contributed by atoms with Gasteiger partial charge >= 0.3 is 0 Å². The second-order valence-corrected chi connectivity index (χ2v) is 6.71. The number of halogens is 1. The van der Waals surface area contributed by atoms with Gasteiger partial charge in [0.05, 0.1) is 12.7 Å². The molecular weight excluding hydrogens is 318 g/mol. The third-order valence-corrected chi connectivity index (χ3v) is 4.95. The summed E-state index contributed by atoms with van der Waals surface area (Å²) >= 11 is 3.59. The van der Waals surface area contributed by atoms with Crippen LogP contribution < -0.4 is 10.5 Å². The minimum atomic E-state index is 0.144. The van der Waals surface area contributed by atoms with E-state index in [1.54, 1.807) is 0 Å². The van der Waals surface area contributed by atoms with Crippen LogP contribution in [0.1, 0.15) is 30.9 Å². The molecule has 3 rings (SSSR count). The van der Waals surface area contributed by atoms with Crippen molar-refractivity contribution in [1.29, 1.82) is 0 Å². The van der Waals surface area contributed by atoms with Crippen molar-refractivity contribution < 1.29 is 9.47 Å². The van der Waals surface area contributed by atoms with Crippen molar-refractivity contribution in [3.8, 4) is 5.75 Å². The Morgan fingerprint density at radius 3 is 3.05 bits per heavy atom. The molecule has 0 aromatic heterocycles. The first kappa shape index (κ1) is 14.4. The van der Waals surface area contributed by atoms with Crippen molar-refractivity contribution in [2.45, 2.75) is 44.8 Å². The van der Waals surface area contributed by atoms with Crippen LogP contribution in [0.2, 0.25) is 0 Å². The summed E-state index contributed by atoms with van der Waals surface area (Å²) in [6.45, 7) is 3.82. The number of nitrogens with two attached hydrogens (primary N) is 1. The normalized spacial score (nSPS) is 26.4. The summed E-state index contributed by atoms with van der Waals surface area (Å²) in [7, 11) is 0. The molecular formula is C16H22BrNO2. The first-order valence-electron chi connectivity index (χ1n) is 7.50. The molecule has 0 bridgehead atoms. The lowest BCUT2D eigenvalue weighted by atomic mass is 9.87. The lowest BCUT2D eigenvalue weighted by Crippen LogP contribution is -2.37. The monoisotopic (exact) mass is 339 g/mol. The Hall–Kier alpha value is -0.580. The van der Waals surface area contributed by atoms with E-state index in [9.17, 15) is 0 Å². The molecule has 3 unspecified atom stereocenters. The standard InChI is InChI=1S/C16H22BrNO2/c1-2-15-13(4-6-19-15)14(18)9-11-8-12(17)7-10-3-5-20-16(10)11/h7-8,13-15H,2-6,9,18H2,1H3. The molecule has 1 fully saturated rings. The Balaban J connectivity index is 1.78. The maximum Gasteiger partial charge on any atom is 0.125 e. The summed E-state index contributed by atoms with van der Waals surface area (Å²) in [6.07, 6.45) is 4.32. The molecule has 0 radical (unpaired) electrons. The minimum absolute atomic E-state index is 0.144. The molecule has 0 amide bonds. The van der Waals surface area contributed by atoms with E-state index >= 15 is 0 Å². The van der Waals surface area contributed by atoms with Crippen molar-refractivity contribution in [1.82, 2.24) is 0 Å². The van der Waals surface area contributed by atoms with Gasteiger partial charge in [0.15, 0.2) is 0 Å². The molecule has 3 nitrogen and oxygen atoms in total. The molecule has 20 heavy (non-hydrogen) atoms. The number of hydrogen-bond acceptors (Lipinski definition) is 3. The average molecular weight is 340 g/mol. The first-order valence-corrected chi connectivity index (χ1v) is 8.29. The van der Waals surface area contributed by atoms with Crippen molar-refractivity contribution in [2.75, 3.05) is 13.2 Å². The van der Waals surface area contributed by atoms with Gasteiger partial charge in [-0.1, -0.05) is 22.9 Å². The summed E-state index contributed by atoms with van der Waals surface area (Å²) in [5, 5.41) is 0. The van der Waals surface area contributed by atoms with Crippen LogP contribution >= 0.6 is 15.9 Å². The number of fused-ring (bicyclic) bond motifs is 1. The summed E-state index contributed by atoms with van der Waals surface area (Å²) < 4.78 is 12.7. The Labute approximate surface area is 129 Å². The fraction of sp³-hybridized carbons (Fsp3) is 0.625. The van der Waals surface area contributed by atoms with Gasteiger partial charge in [0.1, 0.15) is 5.75 Å². The highest BCUT2D eigenvalue weighted by Gasteiger charge is 2.32. The molecule has 4 heteroatoms. The maximum absolute atomic E-state index is 6.47. The second-order valence-electron chi connectivity index (χ2n) is 5.79. The number of hydrogen-bond donors (Lipinski definition) is 1. The Morgan fingerprint density at radius 1 is 1.40 bits per heavy atom. The van der Waals surface area contributed by atoms with Crippen LogP contribution in [-0.2, 0) is 17.6 Å². The molecule has 0 saturated carbocycles. The summed E-state index contributed by atoms with van der Waals surface area (Å²) in [5.41, 5.74) is 9.01. The molecule has 110 valence electrons. The SMILES string of the molecule is CCC1OCCC1C(N)Cc1cc(Br)cc2c1OCC2. The highest BCUT2D eigenvalue weighted by Crippen LogP contribution is 2.35. The zero-order chi connectivity index (χ0) is 14.1. The van der Waals surface area contributed by atoms with Crippen LogP contribution in [0.4, 0.5) is 0 Å².